The number of hydrogen-bond donors (Lipinski definition) is 1. The van der Waals surface area contributed by atoms with Crippen LogP contribution in [-0.2, 0) is 14.3 Å². The third-order valence-corrected chi connectivity index (χ3v) is 6.45. The number of carbonyl (C=O) groups is 2. The van der Waals surface area contributed by atoms with Crippen LogP contribution in [-0.4, -0.2) is 46.7 Å². The highest BCUT2D eigenvalue weighted by molar-refractivity contribution is 5.84. The van der Waals surface area contributed by atoms with Gasteiger partial charge in [0.2, 0.25) is 0 Å². The van der Waals surface area contributed by atoms with Crippen LogP contribution < -0.4 is 0 Å². The van der Waals surface area contributed by atoms with Crippen LogP contribution in [0.4, 0.5) is 0 Å². The fourth-order valence-electron chi connectivity index (χ4n) is 4.91. The fraction of sp³-hybridized carbons (Fsp3) is 0.895. The van der Waals surface area contributed by atoms with E-state index in [1.165, 1.54) is 19.3 Å². The molecule has 0 unspecified atom stereocenters. The molecule has 3 atom stereocenters. The van der Waals surface area contributed by atoms with Crippen molar-refractivity contribution in [3.63, 3.8) is 0 Å². The predicted octanol–water partition coefficient (Wildman–Crippen LogP) is 2.65. The van der Waals surface area contributed by atoms with Crippen molar-refractivity contribution in [3.8, 4) is 0 Å². The van der Waals surface area contributed by atoms with Crippen LogP contribution in [0.3, 0.4) is 0 Å². The van der Waals surface area contributed by atoms with E-state index in [0.29, 0.717) is 30.7 Å². The molecule has 2 saturated carbocycles. The number of aliphatic hydroxyl groups is 1. The van der Waals surface area contributed by atoms with Gasteiger partial charge in [0.15, 0.2) is 12.2 Å². The molecule has 0 aromatic carbocycles. The van der Waals surface area contributed by atoms with Gasteiger partial charge in [0, 0.05) is 12.6 Å². The third kappa shape index (κ3) is 3.61. The van der Waals surface area contributed by atoms with Crippen molar-refractivity contribution in [1.82, 2.24) is 4.90 Å². The largest absolute Gasteiger partial charge is 0.453 e. The van der Waals surface area contributed by atoms with Crippen LogP contribution in [0.15, 0.2) is 0 Å². The number of fused-ring (bicyclic) bond motifs is 1. The van der Waals surface area contributed by atoms with Crippen molar-refractivity contribution in [1.29, 1.82) is 0 Å². The maximum atomic E-state index is 12.6. The Labute approximate surface area is 144 Å². The molecule has 5 heteroatoms. The lowest BCUT2D eigenvalue weighted by Gasteiger charge is -2.47. The van der Waals surface area contributed by atoms with Crippen LogP contribution in [0.5, 0.6) is 0 Å². The molecule has 2 aliphatic carbocycles. The molecular weight excluding hydrogens is 306 g/mol. The summed E-state index contributed by atoms with van der Waals surface area (Å²) in [5.74, 6) is 0.562. The monoisotopic (exact) mass is 337 g/mol. The maximum Gasteiger partial charge on any atom is 0.338 e. The van der Waals surface area contributed by atoms with Crippen molar-refractivity contribution < 1.29 is 19.4 Å². The minimum absolute atomic E-state index is 0.0911. The number of nitrogens with zero attached hydrogens (tertiary/aromatic N) is 1. The van der Waals surface area contributed by atoms with Gasteiger partial charge in [-0.15, -0.1) is 0 Å². The highest BCUT2D eigenvalue weighted by atomic mass is 16.6. The van der Waals surface area contributed by atoms with Crippen LogP contribution >= 0.6 is 0 Å². The lowest BCUT2D eigenvalue weighted by Crippen LogP contribution is -2.53. The second-order valence-electron chi connectivity index (χ2n) is 8.04. The van der Waals surface area contributed by atoms with Gasteiger partial charge in [-0.1, -0.05) is 26.2 Å². The van der Waals surface area contributed by atoms with E-state index in [1.807, 2.05) is 4.90 Å². The molecular formula is C19H31NO4. The number of esters is 1. The summed E-state index contributed by atoms with van der Waals surface area (Å²) in [6.07, 6.45) is 9.37. The summed E-state index contributed by atoms with van der Waals surface area (Å²) < 4.78 is 5.23. The third-order valence-electron chi connectivity index (χ3n) is 6.45. The van der Waals surface area contributed by atoms with E-state index in [0.717, 1.165) is 38.6 Å². The van der Waals surface area contributed by atoms with Crippen molar-refractivity contribution in [2.24, 2.45) is 11.8 Å². The standard InChI is InChI=1S/C19H31NO4/c1-14-9-12-20(16-8-4-3-7-15(14)16)17(21)13-24-18(22)19(23)10-5-2-6-11-19/h14-16,23H,2-13H2,1H3/t14-,15-,16-/m1/s1. The Morgan fingerprint density at radius 2 is 1.79 bits per heavy atom. The molecule has 1 amide bonds. The molecule has 3 aliphatic rings. The summed E-state index contributed by atoms with van der Waals surface area (Å²) in [5.41, 5.74) is -1.37. The first-order valence-corrected chi connectivity index (χ1v) is 9.70. The highest BCUT2D eigenvalue weighted by Gasteiger charge is 2.41. The summed E-state index contributed by atoms with van der Waals surface area (Å²) in [4.78, 5) is 26.8. The van der Waals surface area contributed by atoms with Crippen molar-refractivity contribution in [2.45, 2.75) is 82.8 Å². The molecule has 1 saturated heterocycles. The Balaban J connectivity index is 1.55. The maximum absolute atomic E-state index is 12.6. The molecule has 5 nitrogen and oxygen atoms in total. The van der Waals surface area contributed by atoms with Crippen LogP contribution in [0, 0.1) is 11.8 Å². The van der Waals surface area contributed by atoms with E-state index in [2.05, 4.69) is 6.92 Å². The van der Waals surface area contributed by atoms with Gasteiger partial charge >= 0.3 is 5.97 Å². The van der Waals surface area contributed by atoms with E-state index in [-0.39, 0.29) is 12.5 Å². The Kier molecular flexibility index (Phi) is 5.48. The van der Waals surface area contributed by atoms with Gasteiger partial charge in [-0.25, -0.2) is 4.79 Å². The molecule has 136 valence electrons. The topological polar surface area (TPSA) is 66.8 Å². The van der Waals surface area contributed by atoms with Crippen molar-refractivity contribution in [2.75, 3.05) is 13.2 Å². The van der Waals surface area contributed by atoms with Gasteiger partial charge < -0.3 is 14.7 Å². The molecule has 1 aliphatic heterocycles. The molecule has 0 aromatic heterocycles. The summed E-state index contributed by atoms with van der Waals surface area (Å²) in [6, 6.07) is 0.312. The Hall–Kier alpha value is -1.10. The molecule has 0 aromatic rings. The number of hydrogen-bond acceptors (Lipinski definition) is 4. The molecule has 0 radical (unpaired) electrons. The smallest absolute Gasteiger partial charge is 0.338 e. The van der Waals surface area contributed by atoms with E-state index in [9.17, 15) is 14.7 Å². The Morgan fingerprint density at radius 1 is 1.08 bits per heavy atom. The number of piperidine rings is 1. The van der Waals surface area contributed by atoms with Gasteiger partial charge in [0.25, 0.3) is 5.91 Å². The molecule has 3 rings (SSSR count). The number of ether oxygens (including phenoxy) is 1. The second kappa shape index (κ2) is 7.42. The molecule has 3 fully saturated rings. The van der Waals surface area contributed by atoms with Gasteiger partial charge in [0.05, 0.1) is 0 Å². The minimum Gasteiger partial charge on any atom is -0.453 e. The average molecular weight is 337 g/mol. The van der Waals surface area contributed by atoms with Gasteiger partial charge in [-0.05, 0) is 56.8 Å². The van der Waals surface area contributed by atoms with Gasteiger partial charge in [-0.2, -0.15) is 0 Å². The van der Waals surface area contributed by atoms with Crippen molar-refractivity contribution >= 4 is 11.9 Å². The van der Waals surface area contributed by atoms with Crippen molar-refractivity contribution in [3.05, 3.63) is 0 Å². The number of carbonyl (C=O) groups excluding carboxylic acids is 2. The van der Waals surface area contributed by atoms with E-state index in [4.69, 9.17) is 4.74 Å². The first-order chi connectivity index (χ1) is 11.5. The zero-order valence-electron chi connectivity index (χ0n) is 14.8. The quantitative estimate of drug-likeness (QED) is 0.804. The zero-order valence-corrected chi connectivity index (χ0v) is 14.8. The summed E-state index contributed by atoms with van der Waals surface area (Å²) >= 11 is 0. The number of likely N-dealkylation sites (tertiary alicyclic amines) is 1. The highest BCUT2D eigenvalue weighted by Crippen LogP contribution is 2.38. The number of rotatable bonds is 3. The first-order valence-electron chi connectivity index (χ1n) is 9.70. The average Bonchev–Trinajstić information content (AvgIpc) is 2.60. The van der Waals surface area contributed by atoms with E-state index in [1.54, 1.807) is 0 Å². The normalized spacial score (nSPS) is 32.8. The summed E-state index contributed by atoms with van der Waals surface area (Å²) in [7, 11) is 0. The summed E-state index contributed by atoms with van der Waals surface area (Å²) in [5, 5.41) is 10.4. The number of amides is 1. The van der Waals surface area contributed by atoms with Crippen LogP contribution in [0.25, 0.3) is 0 Å². The lowest BCUT2D eigenvalue weighted by atomic mass is 9.72. The zero-order chi connectivity index (χ0) is 17.2. The molecule has 1 N–H and O–H groups in total. The SMILES string of the molecule is C[C@@H]1CCN(C(=O)COC(=O)C2(O)CCCCC2)[C@@H]2CCCC[C@H]12. The van der Waals surface area contributed by atoms with Crippen LogP contribution in [0.2, 0.25) is 0 Å². The molecule has 0 spiro atoms. The van der Waals surface area contributed by atoms with E-state index >= 15 is 0 Å². The minimum atomic E-state index is -1.37. The second-order valence-corrected chi connectivity index (χ2v) is 8.04. The molecule has 1 heterocycles. The Morgan fingerprint density at radius 3 is 2.54 bits per heavy atom. The molecule has 0 bridgehead atoms. The fourth-order valence-corrected chi connectivity index (χ4v) is 4.91. The Bertz CT molecular complexity index is 472. The lowest BCUT2D eigenvalue weighted by molar-refractivity contribution is -0.173. The predicted molar refractivity (Wildman–Crippen MR) is 90.2 cm³/mol. The van der Waals surface area contributed by atoms with Gasteiger partial charge in [-0.3, -0.25) is 4.79 Å². The first kappa shape index (κ1) is 17.7. The van der Waals surface area contributed by atoms with Gasteiger partial charge in [0.1, 0.15) is 0 Å². The van der Waals surface area contributed by atoms with E-state index < -0.39 is 11.6 Å². The van der Waals surface area contributed by atoms with Crippen LogP contribution in [0.1, 0.15) is 71.1 Å². The molecule has 24 heavy (non-hydrogen) atoms. The summed E-state index contributed by atoms with van der Waals surface area (Å²) in [6.45, 7) is 2.84.